The second kappa shape index (κ2) is 11.6. The standard InChI is InChI=1S/C28H34N2O6/c1-4-36-23-9-6-5-8-22(23)25-24(26(31)21-11-10-20(34-3)18-19(21)2)27(32)28(33)30(25)13-7-12-29-14-16-35-17-15-29/h5-6,8-11,18,25,31H,4,7,12-17H2,1-3H3/t25-/m0/s1. The summed E-state index contributed by atoms with van der Waals surface area (Å²) in [4.78, 5) is 30.6. The van der Waals surface area contributed by atoms with Crippen molar-refractivity contribution in [3.63, 3.8) is 0 Å². The molecule has 2 heterocycles. The first kappa shape index (κ1) is 25.7. The summed E-state index contributed by atoms with van der Waals surface area (Å²) in [6.07, 6.45) is 0.696. The highest BCUT2D eigenvalue weighted by atomic mass is 16.5. The molecule has 8 nitrogen and oxygen atoms in total. The maximum atomic E-state index is 13.4. The summed E-state index contributed by atoms with van der Waals surface area (Å²) in [7, 11) is 1.57. The number of morpholine rings is 1. The Morgan fingerprint density at radius 1 is 1.11 bits per heavy atom. The third-order valence-corrected chi connectivity index (χ3v) is 6.72. The summed E-state index contributed by atoms with van der Waals surface area (Å²) in [6.45, 7) is 8.44. The number of Topliss-reactive ketones (excluding diaryl/α,β-unsaturated/α-hetero) is 1. The third kappa shape index (κ3) is 5.24. The first-order valence-corrected chi connectivity index (χ1v) is 12.4. The van der Waals surface area contributed by atoms with Crippen molar-refractivity contribution in [2.75, 3.05) is 53.1 Å². The Labute approximate surface area is 212 Å². The number of methoxy groups -OCH3 is 1. The van der Waals surface area contributed by atoms with Crippen LogP contribution in [0.1, 0.15) is 36.1 Å². The summed E-state index contributed by atoms with van der Waals surface area (Å²) in [5.74, 6) is -0.264. The molecule has 0 aliphatic carbocycles. The van der Waals surface area contributed by atoms with Gasteiger partial charge in [0, 0.05) is 37.3 Å². The van der Waals surface area contributed by atoms with Crippen LogP contribution in [0.4, 0.5) is 0 Å². The Kier molecular flexibility index (Phi) is 8.28. The molecule has 0 saturated carbocycles. The minimum Gasteiger partial charge on any atom is -0.507 e. The van der Waals surface area contributed by atoms with Gasteiger partial charge in [-0.1, -0.05) is 18.2 Å². The molecule has 2 aliphatic heterocycles. The lowest BCUT2D eigenvalue weighted by Gasteiger charge is -2.29. The van der Waals surface area contributed by atoms with Crippen molar-refractivity contribution < 1.29 is 28.9 Å². The first-order chi connectivity index (χ1) is 17.5. The molecule has 1 atom stereocenters. The lowest BCUT2D eigenvalue weighted by molar-refractivity contribution is -0.140. The van der Waals surface area contributed by atoms with E-state index in [0.717, 1.165) is 25.2 Å². The minimum absolute atomic E-state index is 0.0757. The van der Waals surface area contributed by atoms with Gasteiger partial charge in [-0.25, -0.2) is 0 Å². The molecule has 2 saturated heterocycles. The van der Waals surface area contributed by atoms with E-state index in [-0.39, 0.29) is 11.3 Å². The summed E-state index contributed by atoms with van der Waals surface area (Å²) < 4.78 is 16.6. The number of benzene rings is 2. The molecular weight excluding hydrogens is 460 g/mol. The molecule has 0 bridgehead atoms. The van der Waals surface area contributed by atoms with E-state index in [0.29, 0.717) is 55.4 Å². The predicted molar refractivity (Wildman–Crippen MR) is 136 cm³/mol. The number of amides is 1. The molecular formula is C28H34N2O6. The molecule has 0 aromatic heterocycles. The van der Waals surface area contributed by atoms with Crippen molar-refractivity contribution in [1.29, 1.82) is 0 Å². The number of ether oxygens (including phenoxy) is 3. The van der Waals surface area contributed by atoms with Gasteiger partial charge in [0.15, 0.2) is 0 Å². The fourth-order valence-corrected chi connectivity index (χ4v) is 4.89. The van der Waals surface area contributed by atoms with Gasteiger partial charge in [-0.05, 0) is 50.1 Å². The van der Waals surface area contributed by atoms with E-state index < -0.39 is 17.7 Å². The van der Waals surface area contributed by atoms with Crippen molar-refractivity contribution in [2.45, 2.75) is 26.3 Å². The van der Waals surface area contributed by atoms with Crippen LogP contribution in [-0.2, 0) is 14.3 Å². The molecule has 2 aromatic rings. The fourth-order valence-electron chi connectivity index (χ4n) is 4.89. The summed E-state index contributed by atoms with van der Waals surface area (Å²) >= 11 is 0. The van der Waals surface area contributed by atoms with Crippen LogP contribution in [0.15, 0.2) is 48.0 Å². The van der Waals surface area contributed by atoms with Crippen LogP contribution >= 0.6 is 0 Å². The number of hydrogen-bond acceptors (Lipinski definition) is 7. The molecule has 1 N–H and O–H groups in total. The Balaban J connectivity index is 1.74. The van der Waals surface area contributed by atoms with Crippen molar-refractivity contribution in [1.82, 2.24) is 9.80 Å². The average molecular weight is 495 g/mol. The zero-order valence-corrected chi connectivity index (χ0v) is 21.2. The highest BCUT2D eigenvalue weighted by molar-refractivity contribution is 6.46. The highest BCUT2D eigenvalue weighted by Gasteiger charge is 2.47. The summed E-state index contributed by atoms with van der Waals surface area (Å²) in [5, 5.41) is 11.4. The van der Waals surface area contributed by atoms with Crippen molar-refractivity contribution in [3.8, 4) is 11.5 Å². The number of aliphatic hydroxyl groups excluding tert-OH is 1. The van der Waals surface area contributed by atoms with E-state index in [4.69, 9.17) is 14.2 Å². The molecule has 2 aromatic carbocycles. The Morgan fingerprint density at radius 2 is 1.86 bits per heavy atom. The van der Waals surface area contributed by atoms with E-state index in [9.17, 15) is 14.7 Å². The number of carbonyl (C=O) groups is 2. The van der Waals surface area contributed by atoms with Gasteiger partial charge in [0.1, 0.15) is 17.3 Å². The van der Waals surface area contributed by atoms with Crippen LogP contribution < -0.4 is 9.47 Å². The number of hydrogen-bond donors (Lipinski definition) is 1. The molecule has 36 heavy (non-hydrogen) atoms. The van der Waals surface area contributed by atoms with Crippen molar-refractivity contribution >= 4 is 17.4 Å². The van der Waals surface area contributed by atoms with Gasteiger partial charge < -0.3 is 24.2 Å². The van der Waals surface area contributed by atoms with Gasteiger partial charge in [-0.3, -0.25) is 14.5 Å². The molecule has 0 spiro atoms. The van der Waals surface area contributed by atoms with Gasteiger partial charge >= 0.3 is 0 Å². The molecule has 1 amide bonds. The van der Waals surface area contributed by atoms with Crippen LogP contribution in [0.2, 0.25) is 0 Å². The van der Waals surface area contributed by atoms with Crippen LogP contribution in [-0.4, -0.2) is 79.7 Å². The zero-order valence-electron chi connectivity index (χ0n) is 21.2. The number of rotatable bonds is 9. The smallest absolute Gasteiger partial charge is 0.295 e. The second-order valence-electron chi connectivity index (χ2n) is 8.95. The minimum atomic E-state index is -0.751. The Bertz CT molecular complexity index is 1140. The normalized spacial score (nSPS) is 20.1. The monoisotopic (exact) mass is 494 g/mol. The first-order valence-electron chi connectivity index (χ1n) is 12.4. The van der Waals surface area contributed by atoms with Gasteiger partial charge in [0.25, 0.3) is 11.7 Å². The average Bonchev–Trinajstić information content (AvgIpc) is 3.14. The van der Waals surface area contributed by atoms with Crippen molar-refractivity contribution in [2.24, 2.45) is 0 Å². The van der Waals surface area contributed by atoms with E-state index in [1.165, 1.54) is 0 Å². The van der Waals surface area contributed by atoms with Gasteiger partial charge in [-0.15, -0.1) is 0 Å². The number of aliphatic hydroxyl groups is 1. The Morgan fingerprint density at radius 3 is 2.56 bits per heavy atom. The number of aryl methyl sites for hydroxylation is 1. The van der Waals surface area contributed by atoms with Crippen molar-refractivity contribution in [3.05, 3.63) is 64.7 Å². The summed E-state index contributed by atoms with van der Waals surface area (Å²) in [6, 6.07) is 11.9. The molecule has 192 valence electrons. The van der Waals surface area contributed by atoms with Crippen LogP contribution in [0.5, 0.6) is 11.5 Å². The number of carbonyl (C=O) groups excluding carboxylic acids is 2. The van der Waals surface area contributed by atoms with E-state index in [1.54, 1.807) is 30.2 Å². The molecule has 2 aliphatic rings. The topological polar surface area (TPSA) is 88.5 Å². The quantitative estimate of drug-likeness (QED) is 0.324. The van der Waals surface area contributed by atoms with Crippen LogP contribution in [0.25, 0.3) is 5.76 Å². The number of ketones is 1. The van der Waals surface area contributed by atoms with Crippen LogP contribution in [0, 0.1) is 6.92 Å². The lowest BCUT2D eigenvalue weighted by atomic mass is 9.93. The second-order valence-corrected chi connectivity index (χ2v) is 8.95. The SMILES string of the molecule is CCOc1ccccc1[C@H]1C(=C(O)c2ccc(OC)cc2C)C(=O)C(=O)N1CCCN1CCOCC1. The highest BCUT2D eigenvalue weighted by Crippen LogP contribution is 2.43. The molecule has 0 unspecified atom stereocenters. The third-order valence-electron chi connectivity index (χ3n) is 6.72. The zero-order chi connectivity index (χ0) is 25.7. The van der Waals surface area contributed by atoms with Gasteiger partial charge in [0.2, 0.25) is 0 Å². The number of nitrogens with zero attached hydrogens (tertiary/aromatic N) is 2. The molecule has 2 fully saturated rings. The molecule has 0 radical (unpaired) electrons. The maximum absolute atomic E-state index is 13.4. The van der Waals surface area contributed by atoms with E-state index in [2.05, 4.69) is 4.90 Å². The number of para-hydroxylation sites is 1. The van der Waals surface area contributed by atoms with Gasteiger partial charge in [0.05, 0.1) is 38.5 Å². The fraction of sp³-hybridized carbons (Fsp3) is 0.429. The molecule has 8 heteroatoms. The van der Waals surface area contributed by atoms with E-state index >= 15 is 0 Å². The summed E-state index contributed by atoms with van der Waals surface area (Å²) in [5.41, 5.74) is 1.98. The lowest BCUT2D eigenvalue weighted by Crippen LogP contribution is -2.39. The largest absolute Gasteiger partial charge is 0.507 e. The van der Waals surface area contributed by atoms with Gasteiger partial charge in [-0.2, -0.15) is 0 Å². The maximum Gasteiger partial charge on any atom is 0.295 e. The van der Waals surface area contributed by atoms with Crippen LogP contribution in [0.3, 0.4) is 0 Å². The van der Waals surface area contributed by atoms with E-state index in [1.807, 2.05) is 38.1 Å². The predicted octanol–water partition coefficient (Wildman–Crippen LogP) is 3.55. The number of likely N-dealkylation sites (tertiary alicyclic amines) is 1. The molecule has 4 rings (SSSR count). The Hall–Kier alpha value is -3.36.